The van der Waals surface area contributed by atoms with Crippen LogP contribution in [0, 0.1) is 11.3 Å². The van der Waals surface area contributed by atoms with Gasteiger partial charge in [-0.1, -0.05) is 26.2 Å². The molecule has 1 rings (SSSR count). The summed E-state index contributed by atoms with van der Waals surface area (Å²) in [5.41, 5.74) is -0.424. The highest BCUT2D eigenvalue weighted by Crippen LogP contribution is 2.44. The number of rotatable bonds is 6. The molecule has 0 aromatic carbocycles. The standard InChI is InChI=1S/C13H23NO3/c1-3-6-10(11(15)16)9-13(12(17)14-2)7-4-5-8-13/h10H,3-9H2,1-2H3,(H,14,17)(H,15,16). The monoisotopic (exact) mass is 241 g/mol. The molecule has 2 N–H and O–H groups in total. The highest BCUT2D eigenvalue weighted by Gasteiger charge is 2.43. The summed E-state index contributed by atoms with van der Waals surface area (Å²) in [5.74, 6) is -1.12. The summed E-state index contributed by atoms with van der Waals surface area (Å²) in [6, 6.07) is 0. The summed E-state index contributed by atoms with van der Waals surface area (Å²) in [4.78, 5) is 23.2. The largest absolute Gasteiger partial charge is 0.481 e. The first-order chi connectivity index (χ1) is 8.05. The Morgan fingerprint density at radius 3 is 2.35 bits per heavy atom. The van der Waals surface area contributed by atoms with E-state index in [1.807, 2.05) is 6.92 Å². The summed E-state index contributed by atoms with van der Waals surface area (Å²) < 4.78 is 0. The van der Waals surface area contributed by atoms with Gasteiger partial charge in [0.15, 0.2) is 0 Å². The lowest BCUT2D eigenvalue weighted by Crippen LogP contribution is -2.39. The van der Waals surface area contributed by atoms with Gasteiger partial charge in [-0.2, -0.15) is 0 Å². The first kappa shape index (κ1) is 14.0. The van der Waals surface area contributed by atoms with Crippen LogP contribution < -0.4 is 5.32 Å². The molecule has 0 saturated heterocycles. The van der Waals surface area contributed by atoms with Gasteiger partial charge in [0.05, 0.1) is 5.92 Å². The molecule has 1 unspecified atom stereocenters. The normalized spacial score (nSPS) is 19.9. The van der Waals surface area contributed by atoms with Gasteiger partial charge in [0.25, 0.3) is 0 Å². The Morgan fingerprint density at radius 2 is 1.94 bits per heavy atom. The van der Waals surface area contributed by atoms with Crippen molar-refractivity contribution in [2.24, 2.45) is 11.3 Å². The Balaban J connectivity index is 2.77. The fourth-order valence-corrected chi connectivity index (χ4v) is 2.97. The second kappa shape index (κ2) is 6.03. The van der Waals surface area contributed by atoms with Crippen LogP contribution in [0.2, 0.25) is 0 Å². The lowest BCUT2D eigenvalue weighted by Gasteiger charge is -2.29. The van der Waals surface area contributed by atoms with Gasteiger partial charge in [-0.05, 0) is 25.7 Å². The highest BCUT2D eigenvalue weighted by molar-refractivity contribution is 5.83. The lowest BCUT2D eigenvalue weighted by molar-refractivity contribution is -0.144. The molecule has 1 saturated carbocycles. The fraction of sp³-hybridized carbons (Fsp3) is 0.846. The first-order valence-electron chi connectivity index (χ1n) is 6.50. The first-order valence-corrected chi connectivity index (χ1v) is 6.50. The smallest absolute Gasteiger partial charge is 0.306 e. The molecule has 0 spiro atoms. The van der Waals surface area contributed by atoms with Crippen molar-refractivity contribution in [1.82, 2.24) is 5.32 Å². The molecule has 17 heavy (non-hydrogen) atoms. The third kappa shape index (κ3) is 3.20. The Labute approximate surface area is 103 Å². The summed E-state index contributed by atoms with van der Waals surface area (Å²) in [7, 11) is 1.64. The SMILES string of the molecule is CCCC(CC1(C(=O)NC)CCCC1)C(=O)O. The molecule has 4 nitrogen and oxygen atoms in total. The van der Waals surface area contributed by atoms with Gasteiger partial charge in [-0.15, -0.1) is 0 Å². The van der Waals surface area contributed by atoms with Crippen LogP contribution in [-0.4, -0.2) is 24.0 Å². The minimum absolute atomic E-state index is 0.0253. The van der Waals surface area contributed by atoms with Gasteiger partial charge in [0.1, 0.15) is 0 Å². The maximum atomic E-state index is 12.0. The van der Waals surface area contributed by atoms with E-state index in [0.717, 1.165) is 32.1 Å². The second-order valence-electron chi connectivity index (χ2n) is 5.09. The molecule has 4 heteroatoms. The van der Waals surface area contributed by atoms with Crippen LogP contribution in [0.5, 0.6) is 0 Å². The third-order valence-corrected chi connectivity index (χ3v) is 3.89. The molecular formula is C13H23NO3. The van der Waals surface area contributed by atoms with Gasteiger partial charge < -0.3 is 10.4 Å². The number of amides is 1. The highest BCUT2D eigenvalue weighted by atomic mass is 16.4. The molecule has 0 bridgehead atoms. The van der Waals surface area contributed by atoms with Gasteiger partial charge in [-0.25, -0.2) is 0 Å². The van der Waals surface area contributed by atoms with Crippen molar-refractivity contribution in [2.45, 2.75) is 51.9 Å². The Bertz CT molecular complexity index is 282. The number of carbonyl (C=O) groups excluding carboxylic acids is 1. The summed E-state index contributed by atoms with van der Waals surface area (Å²) in [5, 5.41) is 11.9. The van der Waals surface area contributed by atoms with Crippen LogP contribution in [-0.2, 0) is 9.59 Å². The van der Waals surface area contributed by atoms with Crippen LogP contribution in [0.4, 0.5) is 0 Å². The van der Waals surface area contributed by atoms with Crippen LogP contribution in [0.15, 0.2) is 0 Å². The van der Waals surface area contributed by atoms with Crippen LogP contribution in [0.1, 0.15) is 51.9 Å². The van der Waals surface area contributed by atoms with Gasteiger partial charge in [-0.3, -0.25) is 9.59 Å². The number of hydrogen-bond donors (Lipinski definition) is 2. The van der Waals surface area contributed by atoms with Crippen molar-refractivity contribution in [3.63, 3.8) is 0 Å². The number of carboxylic acid groups (broad SMARTS) is 1. The van der Waals surface area contributed by atoms with E-state index < -0.39 is 11.4 Å². The third-order valence-electron chi connectivity index (χ3n) is 3.89. The van der Waals surface area contributed by atoms with E-state index in [-0.39, 0.29) is 11.8 Å². The van der Waals surface area contributed by atoms with Gasteiger partial charge in [0, 0.05) is 12.5 Å². The average Bonchev–Trinajstić information content (AvgIpc) is 2.77. The number of hydrogen-bond acceptors (Lipinski definition) is 2. The van der Waals surface area contributed by atoms with Crippen molar-refractivity contribution < 1.29 is 14.7 Å². The predicted molar refractivity (Wildman–Crippen MR) is 65.6 cm³/mol. The van der Waals surface area contributed by atoms with E-state index in [4.69, 9.17) is 0 Å². The molecule has 0 aromatic rings. The van der Waals surface area contributed by atoms with E-state index >= 15 is 0 Å². The zero-order valence-corrected chi connectivity index (χ0v) is 10.8. The molecule has 1 atom stereocenters. The summed E-state index contributed by atoms with van der Waals surface area (Å²) in [6.07, 6.45) is 5.74. The Kier molecular flexibility index (Phi) is 4.97. The van der Waals surface area contributed by atoms with E-state index in [9.17, 15) is 14.7 Å². The van der Waals surface area contributed by atoms with E-state index in [1.54, 1.807) is 7.05 Å². The minimum atomic E-state index is -0.762. The van der Waals surface area contributed by atoms with Crippen molar-refractivity contribution in [1.29, 1.82) is 0 Å². The molecule has 1 fully saturated rings. The maximum absolute atomic E-state index is 12.0. The number of nitrogens with one attached hydrogen (secondary N) is 1. The zero-order valence-electron chi connectivity index (χ0n) is 10.8. The van der Waals surface area contributed by atoms with Crippen LogP contribution in [0.3, 0.4) is 0 Å². The molecule has 0 aromatic heterocycles. The number of carboxylic acids is 1. The van der Waals surface area contributed by atoms with E-state index in [2.05, 4.69) is 5.32 Å². The second-order valence-corrected chi connectivity index (χ2v) is 5.09. The topological polar surface area (TPSA) is 66.4 Å². The summed E-state index contributed by atoms with van der Waals surface area (Å²) in [6.45, 7) is 1.98. The van der Waals surface area contributed by atoms with Crippen molar-refractivity contribution in [3.8, 4) is 0 Å². The van der Waals surface area contributed by atoms with Gasteiger partial charge >= 0.3 is 5.97 Å². The molecule has 1 amide bonds. The Morgan fingerprint density at radius 1 is 1.35 bits per heavy atom. The number of carbonyl (C=O) groups is 2. The Hall–Kier alpha value is -1.06. The molecule has 0 aliphatic heterocycles. The fourth-order valence-electron chi connectivity index (χ4n) is 2.97. The molecular weight excluding hydrogens is 218 g/mol. The van der Waals surface area contributed by atoms with Crippen molar-refractivity contribution in [3.05, 3.63) is 0 Å². The summed E-state index contributed by atoms with van der Waals surface area (Å²) >= 11 is 0. The molecule has 1 aliphatic rings. The zero-order chi connectivity index (χ0) is 12.9. The van der Waals surface area contributed by atoms with Crippen molar-refractivity contribution >= 4 is 11.9 Å². The van der Waals surface area contributed by atoms with Gasteiger partial charge in [0.2, 0.25) is 5.91 Å². The predicted octanol–water partition coefficient (Wildman–Crippen LogP) is 2.18. The minimum Gasteiger partial charge on any atom is -0.481 e. The van der Waals surface area contributed by atoms with Crippen LogP contribution in [0.25, 0.3) is 0 Å². The van der Waals surface area contributed by atoms with E-state index in [0.29, 0.717) is 12.8 Å². The maximum Gasteiger partial charge on any atom is 0.306 e. The van der Waals surface area contributed by atoms with Crippen LogP contribution >= 0.6 is 0 Å². The quantitative estimate of drug-likeness (QED) is 0.749. The molecule has 1 aliphatic carbocycles. The molecule has 0 radical (unpaired) electrons. The average molecular weight is 241 g/mol. The molecule has 0 heterocycles. The lowest BCUT2D eigenvalue weighted by atomic mass is 9.75. The molecule has 98 valence electrons. The number of aliphatic carboxylic acids is 1. The van der Waals surface area contributed by atoms with E-state index in [1.165, 1.54) is 0 Å². The van der Waals surface area contributed by atoms with Crippen molar-refractivity contribution in [2.75, 3.05) is 7.05 Å².